The van der Waals surface area contributed by atoms with Crippen LogP contribution in [0.25, 0.3) is 11.3 Å². The number of hydrogen-bond acceptors (Lipinski definition) is 8. The van der Waals surface area contributed by atoms with Gasteiger partial charge in [0.1, 0.15) is 12.4 Å². The molecular formula is C31H33FN8O4. The highest BCUT2D eigenvalue weighted by Crippen LogP contribution is 2.24. The zero-order chi connectivity index (χ0) is 32.0. The molecule has 0 saturated carbocycles. The number of halogens is 1. The zero-order valence-corrected chi connectivity index (χ0v) is 24.1. The molecule has 13 heteroatoms. The first-order chi connectivity index (χ1) is 20.9. The van der Waals surface area contributed by atoms with Crippen LogP contribution in [0.1, 0.15) is 40.9 Å². The van der Waals surface area contributed by atoms with Crippen molar-refractivity contribution in [3.05, 3.63) is 105 Å². The van der Waals surface area contributed by atoms with E-state index in [0.29, 0.717) is 16.7 Å². The molecule has 2 amide bonds. The number of nitrogens with two attached hydrogens (primary N) is 2. The van der Waals surface area contributed by atoms with Gasteiger partial charge in [0.25, 0.3) is 11.5 Å². The predicted molar refractivity (Wildman–Crippen MR) is 166 cm³/mol. The van der Waals surface area contributed by atoms with Gasteiger partial charge in [-0.25, -0.2) is 9.37 Å². The largest absolute Gasteiger partial charge is 0.505 e. The van der Waals surface area contributed by atoms with Crippen LogP contribution in [0.2, 0.25) is 0 Å². The second kappa shape index (κ2) is 13.5. The van der Waals surface area contributed by atoms with Crippen molar-refractivity contribution in [3.63, 3.8) is 0 Å². The Bertz CT molecular complexity index is 1770. The van der Waals surface area contributed by atoms with E-state index in [0.717, 1.165) is 11.6 Å². The van der Waals surface area contributed by atoms with Crippen molar-refractivity contribution in [1.29, 1.82) is 5.41 Å². The molecule has 1 aromatic heterocycles. The smallest absolute Gasteiger partial charge is 0.294 e. The van der Waals surface area contributed by atoms with Crippen LogP contribution in [0.4, 0.5) is 15.9 Å². The van der Waals surface area contributed by atoms with Crippen molar-refractivity contribution >= 4 is 29.2 Å². The van der Waals surface area contributed by atoms with Crippen molar-refractivity contribution in [2.75, 3.05) is 11.1 Å². The van der Waals surface area contributed by atoms with Gasteiger partial charge in [-0.15, -0.1) is 0 Å². The number of carbonyl (C=O) groups is 2. The van der Waals surface area contributed by atoms with Crippen LogP contribution in [0, 0.1) is 11.2 Å². The lowest BCUT2D eigenvalue weighted by atomic mass is 10.1. The second-order valence-corrected chi connectivity index (χ2v) is 10.4. The Morgan fingerprint density at radius 2 is 1.68 bits per heavy atom. The summed E-state index contributed by atoms with van der Waals surface area (Å²) in [6, 6.07) is 15.0. The quantitative estimate of drug-likeness (QED) is 0.0773. The third-order valence-corrected chi connectivity index (χ3v) is 6.51. The third-order valence-electron chi connectivity index (χ3n) is 6.51. The summed E-state index contributed by atoms with van der Waals surface area (Å²) in [5.41, 5.74) is 13.9. The number of carbonyl (C=O) groups excluding carboxylic acids is 2. The molecule has 0 aliphatic heterocycles. The van der Waals surface area contributed by atoms with Gasteiger partial charge in [0.2, 0.25) is 5.91 Å². The highest BCUT2D eigenvalue weighted by atomic mass is 19.1. The van der Waals surface area contributed by atoms with Gasteiger partial charge in [0, 0.05) is 41.5 Å². The van der Waals surface area contributed by atoms with Crippen molar-refractivity contribution in [1.82, 2.24) is 20.2 Å². The van der Waals surface area contributed by atoms with Crippen molar-refractivity contribution in [2.45, 2.75) is 39.5 Å². The van der Waals surface area contributed by atoms with Crippen LogP contribution < -0.4 is 33.0 Å². The van der Waals surface area contributed by atoms with Crippen LogP contribution in [0.5, 0.6) is 5.75 Å². The fraction of sp³-hybridized carbons (Fsp3) is 0.194. The number of rotatable bonds is 11. The standard InChI is InChI=1S/C31H33FN8O4/c1-17(2)39-29-31(44)40(16-27(42)36-13-18-3-6-20(7-4-18)28(34)35)25(15-37-29)21-10-22(12-23(33)11-21)30(43)38-14-19-5-8-24(32)26(41)9-19/h3-12,15,17,41H,13-14,16,33H2,1-2H3,(H3,34,35)(H,36,42)(H,37,39)(H,38,43). The maximum atomic E-state index is 13.5. The molecule has 0 radical (unpaired) electrons. The molecule has 228 valence electrons. The Hall–Kier alpha value is -5.72. The maximum Gasteiger partial charge on any atom is 0.294 e. The van der Waals surface area contributed by atoms with E-state index >= 15 is 0 Å². The van der Waals surface area contributed by atoms with E-state index in [-0.39, 0.29) is 54.3 Å². The molecule has 0 unspecified atom stereocenters. The summed E-state index contributed by atoms with van der Waals surface area (Å²) in [6.07, 6.45) is 1.43. The van der Waals surface area contributed by atoms with Crippen molar-refractivity contribution in [2.24, 2.45) is 5.73 Å². The summed E-state index contributed by atoms with van der Waals surface area (Å²) in [6.45, 7) is 3.53. The van der Waals surface area contributed by atoms with Crippen molar-refractivity contribution in [3.8, 4) is 17.0 Å². The molecule has 4 aromatic rings. The number of hydrogen-bond donors (Lipinski definition) is 7. The monoisotopic (exact) mass is 600 g/mol. The normalized spacial score (nSPS) is 10.8. The van der Waals surface area contributed by atoms with Gasteiger partial charge in [0.05, 0.1) is 11.9 Å². The van der Waals surface area contributed by atoms with Crippen LogP contribution in [-0.2, 0) is 24.4 Å². The number of phenols is 1. The van der Waals surface area contributed by atoms with Crippen LogP contribution in [-0.4, -0.2) is 38.3 Å². The predicted octanol–water partition coefficient (Wildman–Crippen LogP) is 2.69. The van der Waals surface area contributed by atoms with Gasteiger partial charge in [-0.05, 0) is 55.3 Å². The number of aromatic nitrogens is 2. The van der Waals surface area contributed by atoms with Gasteiger partial charge in [-0.2, -0.15) is 0 Å². The maximum absolute atomic E-state index is 13.5. The number of amides is 2. The number of benzene rings is 3. The molecule has 44 heavy (non-hydrogen) atoms. The first-order valence-corrected chi connectivity index (χ1v) is 13.6. The molecule has 0 aliphatic rings. The average molecular weight is 601 g/mol. The molecule has 4 rings (SSSR count). The Morgan fingerprint density at radius 3 is 2.34 bits per heavy atom. The Morgan fingerprint density at radius 1 is 1.00 bits per heavy atom. The minimum Gasteiger partial charge on any atom is -0.505 e. The molecule has 12 nitrogen and oxygen atoms in total. The van der Waals surface area contributed by atoms with Gasteiger partial charge in [-0.3, -0.25) is 24.4 Å². The Balaban J connectivity index is 1.59. The molecule has 0 spiro atoms. The highest BCUT2D eigenvalue weighted by molar-refractivity contribution is 5.96. The zero-order valence-electron chi connectivity index (χ0n) is 24.1. The van der Waals surface area contributed by atoms with Crippen molar-refractivity contribution < 1.29 is 19.1 Å². The van der Waals surface area contributed by atoms with E-state index in [9.17, 15) is 23.9 Å². The Kier molecular flexibility index (Phi) is 9.58. The van der Waals surface area contributed by atoms with E-state index in [2.05, 4.69) is 20.9 Å². The lowest BCUT2D eigenvalue weighted by Gasteiger charge is -2.17. The van der Waals surface area contributed by atoms with Crippen LogP contribution in [0.3, 0.4) is 0 Å². The summed E-state index contributed by atoms with van der Waals surface area (Å²) < 4.78 is 14.6. The van der Waals surface area contributed by atoms with E-state index in [1.807, 2.05) is 13.8 Å². The fourth-order valence-electron chi connectivity index (χ4n) is 4.33. The number of anilines is 2. The van der Waals surface area contributed by atoms with Gasteiger partial charge in [0.15, 0.2) is 17.4 Å². The summed E-state index contributed by atoms with van der Waals surface area (Å²) >= 11 is 0. The number of amidine groups is 1. The molecule has 0 atom stereocenters. The number of nitrogens with zero attached hydrogens (tertiary/aromatic N) is 2. The number of nitrogen functional groups attached to an aromatic ring is 2. The van der Waals surface area contributed by atoms with E-state index in [1.165, 1.54) is 35.0 Å². The molecular weight excluding hydrogens is 567 g/mol. The van der Waals surface area contributed by atoms with Gasteiger partial charge >= 0.3 is 0 Å². The van der Waals surface area contributed by atoms with Crippen LogP contribution in [0.15, 0.2) is 71.7 Å². The topological polar surface area (TPSA) is 201 Å². The summed E-state index contributed by atoms with van der Waals surface area (Å²) in [5, 5.41) is 25.6. The molecule has 0 fully saturated rings. The summed E-state index contributed by atoms with van der Waals surface area (Å²) in [7, 11) is 0. The summed E-state index contributed by atoms with van der Waals surface area (Å²) in [5.74, 6) is -2.26. The molecule has 1 heterocycles. The number of nitrogens with one attached hydrogen (secondary N) is 4. The molecule has 0 saturated heterocycles. The molecule has 0 bridgehead atoms. The third kappa shape index (κ3) is 7.76. The number of phenolic OH excluding ortho intramolecular Hbond substituents is 1. The molecule has 9 N–H and O–H groups in total. The second-order valence-electron chi connectivity index (χ2n) is 10.4. The minimum absolute atomic E-state index is 0.0102. The minimum atomic E-state index is -0.771. The van der Waals surface area contributed by atoms with E-state index < -0.39 is 28.9 Å². The highest BCUT2D eigenvalue weighted by Gasteiger charge is 2.18. The lowest BCUT2D eigenvalue weighted by Crippen LogP contribution is -2.35. The summed E-state index contributed by atoms with van der Waals surface area (Å²) in [4.78, 5) is 43.8. The Labute approximate surface area is 252 Å². The SMILES string of the molecule is CC(C)Nc1ncc(-c2cc(N)cc(C(=O)NCc3ccc(F)c(O)c3)c2)n(CC(=O)NCc2ccc(C(=N)N)cc2)c1=O. The van der Waals surface area contributed by atoms with E-state index in [4.69, 9.17) is 16.9 Å². The van der Waals surface area contributed by atoms with E-state index in [1.54, 1.807) is 30.3 Å². The first-order valence-electron chi connectivity index (χ1n) is 13.6. The first kappa shape index (κ1) is 31.2. The van der Waals surface area contributed by atoms with Crippen LogP contribution >= 0.6 is 0 Å². The number of aromatic hydroxyl groups is 1. The molecule has 0 aliphatic carbocycles. The van der Waals surface area contributed by atoms with Gasteiger partial charge in [-0.1, -0.05) is 30.3 Å². The average Bonchev–Trinajstić information content (AvgIpc) is 2.98. The molecule has 3 aromatic carbocycles. The fourth-order valence-corrected chi connectivity index (χ4v) is 4.33. The van der Waals surface area contributed by atoms with Gasteiger partial charge < -0.3 is 32.5 Å². The lowest BCUT2D eigenvalue weighted by molar-refractivity contribution is -0.121.